The Labute approximate surface area is 155 Å². The SMILES string of the molecule is CC(C)(C)OC(=O)NC(C(=O)N1C[C@H]2[C@@H]([C@H]1C(=O)O)C2(C)C)C(C)(C)C. The van der Waals surface area contributed by atoms with E-state index in [-0.39, 0.29) is 23.2 Å². The van der Waals surface area contributed by atoms with Gasteiger partial charge in [0.1, 0.15) is 17.7 Å². The lowest BCUT2D eigenvalue weighted by Crippen LogP contribution is -2.58. The van der Waals surface area contributed by atoms with Crippen LogP contribution in [0.15, 0.2) is 0 Å². The van der Waals surface area contributed by atoms with Crippen LogP contribution in [0.5, 0.6) is 0 Å². The second-order valence-electron chi connectivity index (χ2n) is 10.2. The summed E-state index contributed by atoms with van der Waals surface area (Å²) in [7, 11) is 0. The quantitative estimate of drug-likeness (QED) is 0.798. The first-order valence-electron chi connectivity index (χ1n) is 9.10. The summed E-state index contributed by atoms with van der Waals surface area (Å²) in [5.74, 6) is -1.19. The number of nitrogens with one attached hydrogen (secondary N) is 1. The lowest BCUT2D eigenvalue weighted by molar-refractivity contribution is -0.152. The Morgan fingerprint density at radius 3 is 2.12 bits per heavy atom. The monoisotopic (exact) mass is 368 g/mol. The lowest BCUT2D eigenvalue weighted by atomic mass is 9.85. The highest BCUT2D eigenvalue weighted by atomic mass is 16.6. The van der Waals surface area contributed by atoms with Gasteiger partial charge in [-0.3, -0.25) is 4.79 Å². The van der Waals surface area contributed by atoms with Gasteiger partial charge in [-0.15, -0.1) is 0 Å². The van der Waals surface area contributed by atoms with Crippen LogP contribution < -0.4 is 5.32 Å². The second kappa shape index (κ2) is 6.13. The minimum absolute atomic E-state index is 0.0360. The molecule has 0 aromatic rings. The molecule has 7 heteroatoms. The van der Waals surface area contributed by atoms with Crippen LogP contribution in [0.1, 0.15) is 55.4 Å². The van der Waals surface area contributed by atoms with Gasteiger partial charge in [-0.2, -0.15) is 0 Å². The third kappa shape index (κ3) is 3.81. The van der Waals surface area contributed by atoms with Crippen molar-refractivity contribution in [3.63, 3.8) is 0 Å². The highest BCUT2D eigenvalue weighted by molar-refractivity contribution is 5.91. The fourth-order valence-corrected chi connectivity index (χ4v) is 4.04. The zero-order valence-corrected chi connectivity index (χ0v) is 17.0. The van der Waals surface area contributed by atoms with Gasteiger partial charge in [-0.25, -0.2) is 9.59 Å². The van der Waals surface area contributed by atoms with Crippen LogP contribution >= 0.6 is 0 Å². The highest BCUT2D eigenvalue weighted by Gasteiger charge is 2.70. The van der Waals surface area contributed by atoms with Gasteiger partial charge in [0.2, 0.25) is 5.91 Å². The molecule has 1 saturated carbocycles. The van der Waals surface area contributed by atoms with Gasteiger partial charge in [0.25, 0.3) is 0 Å². The van der Waals surface area contributed by atoms with Gasteiger partial charge in [-0.1, -0.05) is 34.6 Å². The number of ether oxygens (including phenoxy) is 1. The van der Waals surface area contributed by atoms with Crippen LogP contribution in [-0.2, 0) is 14.3 Å². The molecule has 2 fully saturated rings. The summed E-state index contributed by atoms with van der Waals surface area (Å²) in [5.41, 5.74) is -1.33. The van der Waals surface area contributed by atoms with E-state index in [1.165, 1.54) is 4.90 Å². The predicted octanol–water partition coefficient (Wildman–Crippen LogP) is 2.49. The van der Waals surface area contributed by atoms with E-state index in [1.807, 2.05) is 34.6 Å². The van der Waals surface area contributed by atoms with Crippen molar-refractivity contribution >= 4 is 18.0 Å². The fourth-order valence-electron chi connectivity index (χ4n) is 4.04. The van der Waals surface area contributed by atoms with E-state index in [2.05, 4.69) is 5.32 Å². The third-order valence-electron chi connectivity index (χ3n) is 5.52. The molecule has 2 aliphatic rings. The normalized spacial score (nSPS) is 28.2. The van der Waals surface area contributed by atoms with E-state index in [0.29, 0.717) is 6.54 Å². The topological polar surface area (TPSA) is 95.9 Å². The zero-order valence-electron chi connectivity index (χ0n) is 17.0. The fraction of sp³-hybridized carbons (Fsp3) is 0.842. The van der Waals surface area contributed by atoms with E-state index in [0.717, 1.165) is 0 Å². The lowest BCUT2D eigenvalue weighted by Gasteiger charge is -2.37. The van der Waals surface area contributed by atoms with Gasteiger partial charge in [-0.05, 0) is 37.5 Å². The smallest absolute Gasteiger partial charge is 0.408 e. The number of nitrogens with zero attached hydrogens (tertiary/aromatic N) is 1. The molecular formula is C19H32N2O5. The summed E-state index contributed by atoms with van der Waals surface area (Å²) in [6, 6.07) is -1.70. The maximum atomic E-state index is 13.2. The Kier molecular flexibility index (Phi) is 4.84. The van der Waals surface area contributed by atoms with Crippen LogP contribution in [0, 0.1) is 22.7 Å². The Morgan fingerprint density at radius 2 is 1.69 bits per heavy atom. The van der Waals surface area contributed by atoms with Crippen molar-refractivity contribution in [2.24, 2.45) is 22.7 Å². The first kappa shape index (κ1) is 20.5. The number of rotatable bonds is 3. The number of alkyl carbamates (subject to hydrolysis) is 1. The number of aliphatic carboxylic acids is 1. The molecule has 0 radical (unpaired) electrons. The molecule has 1 aliphatic carbocycles. The summed E-state index contributed by atoms with van der Waals surface area (Å²) in [4.78, 5) is 38.6. The number of fused-ring (bicyclic) bond motifs is 1. The van der Waals surface area contributed by atoms with E-state index >= 15 is 0 Å². The van der Waals surface area contributed by atoms with Gasteiger partial charge in [0.05, 0.1) is 0 Å². The average molecular weight is 368 g/mol. The molecule has 0 aromatic carbocycles. The molecule has 7 nitrogen and oxygen atoms in total. The highest BCUT2D eigenvalue weighted by Crippen LogP contribution is 2.65. The number of piperidine rings is 1. The van der Waals surface area contributed by atoms with Gasteiger partial charge in [0, 0.05) is 12.5 Å². The van der Waals surface area contributed by atoms with Crippen LogP contribution in [-0.4, -0.2) is 52.2 Å². The van der Waals surface area contributed by atoms with Crippen LogP contribution in [0.2, 0.25) is 0 Å². The molecule has 0 aromatic heterocycles. The van der Waals surface area contributed by atoms with Gasteiger partial charge < -0.3 is 20.1 Å². The van der Waals surface area contributed by atoms with Crippen molar-refractivity contribution in [2.45, 2.75) is 73.1 Å². The molecule has 4 atom stereocenters. The Hall–Kier alpha value is -1.79. The maximum Gasteiger partial charge on any atom is 0.408 e. The van der Waals surface area contributed by atoms with Crippen molar-refractivity contribution in [3.8, 4) is 0 Å². The van der Waals surface area contributed by atoms with E-state index in [4.69, 9.17) is 4.74 Å². The molecule has 148 valence electrons. The van der Waals surface area contributed by atoms with E-state index in [9.17, 15) is 19.5 Å². The van der Waals surface area contributed by atoms with Crippen molar-refractivity contribution in [3.05, 3.63) is 0 Å². The van der Waals surface area contributed by atoms with Crippen molar-refractivity contribution in [2.75, 3.05) is 6.54 Å². The van der Waals surface area contributed by atoms with Crippen LogP contribution in [0.3, 0.4) is 0 Å². The zero-order chi connectivity index (χ0) is 20.2. The Balaban J connectivity index is 2.20. The first-order chi connectivity index (χ1) is 11.6. The summed E-state index contributed by atoms with van der Waals surface area (Å²) >= 11 is 0. The van der Waals surface area contributed by atoms with Crippen molar-refractivity contribution in [1.29, 1.82) is 0 Å². The molecule has 1 saturated heterocycles. The minimum atomic E-state index is -0.985. The van der Waals surface area contributed by atoms with Crippen molar-refractivity contribution < 1.29 is 24.2 Å². The van der Waals surface area contributed by atoms with E-state index in [1.54, 1.807) is 20.8 Å². The standard InChI is InChI=1S/C19H32N2O5/c1-17(2,3)13(20-16(25)26-18(4,5)6)14(22)21-9-10-11(19(10,7)8)12(21)15(23)24/h10-13H,9H2,1-8H3,(H,20,25)(H,23,24)/t10-,11-,12-,13?/m0/s1. The first-order valence-corrected chi connectivity index (χ1v) is 9.10. The van der Waals surface area contributed by atoms with Crippen LogP contribution in [0.4, 0.5) is 4.79 Å². The number of carbonyl (C=O) groups excluding carboxylic acids is 2. The summed E-state index contributed by atoms with van der Waals surface area (Å²) in [6.07, 6.45) is -0.678. The average Bonchev–Trinajstić information content (AvgIpc) is 2.81. The number of amides is 2. The Bertz CT molecular complexity index is 614. The Morgan fingerprint density at radius 1 is 1.15 bits per heavy atom. The summed E-state index contributed by atoms with van der Waals surface area (Å²) < 4.78 is 5.28. The number of hydrogen-bond donors (Lipinski definition) is 2. The molecule has 2 rings (SSSR count). The summed E-state index contributed by atoms with van der Waals surface area (Å²) in [6.45, 7) is 15.2. The third-order valence-corrected chi connectivity index (χ3v) is 5.52. The molecule has 1 aliphatic heterocycles. The second-order valence-corrected chi connectivity index (χ2v) is 10.2. The van der Waals surface area contributed by atoms with Crippen molar-refractivity contribution in [1.82, 2.24) is 10.2 Å². The predicted molar refractivity (Wildman–Crippen MR) is 96.5 cm³/mol. The molecule has 0 bridgehead atoms. The molecule has 1 unspecified atom stereocenters. The van der Waals surface area contributed by atoms with Gasteiger partial charge in [0.15, 0.2) is 0 Å². The number of hydrogen-bond acceptors (Lipinski definition) is 4. The molecular weight excluding hydrogens is 336 g/mol. The molecule has 1 heterocycles. The number of carboxylic acid groups (broad SMARTS) is 1. The maximum absolute atomic E-state index is 13.2. The largest absolute Gasteiger partial charge is 0.480 e. The number of likely N-dealkylation sites (tertiary alicyclic amines) is 1. The molecule has 26 heavy (non-hydrogen) atoms. The molecule has 2 N–H and O–H groups in total. The molecule has 0 spiro atoms. The molecule has 2 amide bonds. The minimum Gasteiger partial charge on any atom is -0.480 e. The number of carbonyl (C=O) groups is 3. The number of carboxylic acids is 1. The van der Waals surface area contributed by atoms with Crippen LogP contribution in [0.25, 0.3) is 0 Å². The van der Waals surface area contributed by atoms with E-state index < -0.39 is 35.2 Å². The van der Waals surface area contributed by atoms with Gasteiger partial charge >= 0.3 is 12.1 Å². The summed E-state index contributed by atoms with van der Waals surface area (Å²) in [5, 5.41) is 12.3.